The van der Waals surface area contributed by atoms with Crippen LogP contribution in [0.15, 0.2) is 34.2 Å². The second kappa shape index (κ2) is 12.3. The minimum atomic E-state index is -0.403. The van der Waals surface area contributed by atoms with Gasteiger partial charge in [0.2, 0.25) is 5.91 Å². The van der Waals surface area contributed by atoms with Crippen molar-refractivity contribution in [3.8, 4) is 5.69 Å². The van der Waals surface area contributed by atoms with Gasteiger partial charge in [-0.15, -0.1) is 0 Å². The summed E-state index contributed by atoms with van der Waals surface area (Å²) in [5, 5.41) is 0.457. The summed E-state index contributed by atoms with van der Waals surface area (Å²) >= 11 is 8.09. The number of hydrogen-bond donors (Lipinski definition) is 0. The molecule has 1 saturated heterocycles. The molecule has 12 heteroatoms. The average Bonchev–Trinajstić information content (AvgIpc) is 3.53. The van der Waals surface area contributed by atoms with E-state index in [2.05, 4.69) is 0 Å². The first-order chi connectivity index (χ1) is 17.9. The molecule has 0 bridgehead atoms. The summed E-state index contributed by atoms with van der Waals surface area (Å²) in [5.41, 5.74) is 1.35. The van der Waals surface area contributed by atoms with Gasteiger partial charge in [0.25, 0.3) is 5.56 Å². The highest BCUT2D eigenvalue weighted by molar-refractivity contribution is 7.99. The Morgan fingerprint density at radius 2 is 1.97 bits per heavy atom. The van der Waals surface area contributed by atoms with Crippen molar-refractivity contribution < 1.29 is 19.1 Å². The number of ether oxygens (including phenoxy) is 2. The maximum atomic E-state index is 13.7. The number of thioether (sulfide) groups is 1. The molecule has 1 aromatic carbocycles. The Morgan fingerprint density at radius 3 is 2.59 bits per heavy atom. The fourth-order valence-electron chi connectivity index (χ4n) is 4.21. The van der Waals surface area contributed by atoms with Crippen LogP contribution in [-0.4, -0.2) is 69.1 Å². The molecule has 0 saturated carbocycles. The molecule has 0 N–H and O–H groups in total. The van der Waals surface area contributed by atoms with Gasteiger partial charge in [-0.3, -0.25) is 18.7 Å². The first-order valence-corrected chi connectivity index (χ1v) is 14.5. The van der Waals surface area contributed by atoms with Crippen molar-refractivity contribution in [2.45, 2.75) is 51.4 Å². The molecule has 3 aromatic rings. The number of benzene rings is 1. The highest BCUT2D eigenvalue weighted by Gasteiger charge is 2.23. The molecule has 1 aliphatic rings. The molecule has 3 heterocycles. The Morgan fingerprint density at radius 1 is 1.24 bits per heavy atom. The number of amides is 1. The molecule has 1 atom stereocenters. The van der Waals surface area contributed by atoms with Crippen LogP contribution in [0, 0.1) is 3.95 Å². The average molecular weight is 563 g/mol. The predicted molar refractivity (Wildman–Crippen MR) is 148 cm³/mol. The van der Waals surface area contributed by atoms with Gasteiger partial charge in [0.05, 0.1) is 30.6 Å². The first kappa shape index (κ1) is 27.5. The van der Waals surface area contributed by atoms with E-state index < -0.39 is 5.97 Å². The van der Waals surface area contributed by atoms with E-state index in [1.165, 1.54) is 23.1 Å². The third-order valence-corrected chi connectivity index (χ3v) is 8.46. The van der Waals surface area contributed by atoms with Gasteiger partial charge in [-0.25, -0.2) is 9.78 Å². The summed E-state index contributed by atoms with van der Waals surface area (Å²) in [6.07, 6.45) is 1.76. The maximum absolute atomic E-state index is 13.7. The van der Waals surface area contributed by atoms with E-state index in [9.17, 15) is 14.4 Å². The second-order valence-corrected chi connectivity index (χ2v) is 11.0. The Bertz CT molecular complexity index is 1390. The lowest BCUT2D eigenvalue weighted by Gasteiger charge is -2.19. The van der Waals surface area contributed by atoms with Gasteiger partial charge >= 0.3 is 5.97 Å². The largest absolute Gasteiger partial charge is 0.462 e. The molecule has 9 nitrogen and oxygen atoms in total. The molecular weight excluding hydrogens is 532 g/mol. The Balaban J connectivity index is 1.77. The van der Waals surface area contributed by atoms with E-state index >= 15 is 0 Å². The van der Waals surface area contributed by atoms with Crippen LogP contribution in [0.25, 0.3) is 16.0 Å². The van der Waals surface area contributed by atoms with Crippen molar-refractivity contribution in [3.05, 3.63) is 44.1 Å². The number of nitrogens with zero attached hydrogens (tertiary/aromatic N) is 4. The molecule has 1 fully saturated rings. The van der Waals surface area contributed by atoms with Crippen LogP contribution >= 0.6 is 35.3 Å². The molecule has 1 unspecified atom stereocenters. The van der Waals surface area contributed by atoms with Crippen LogP contribution in [0.1, 0.15) is 44.0 Å². The molecule has 0 spiro atoms. The number of carbonyl (C=O) groups excluding carboxylic acids is 2. The van der Waals surface area contributed by atoms with Crippen molar-refractivity contribution in [2.24, 2.45) is 0 Å². The molecule has 0 aliphatic carbocycles. The minimum Gasteiger partial charge on any atom is -0.462 e. The number of fused-ring (bicyclic) bond motifs is 1. The Labute approximate surface area is 228 Å². The summed E-state index contributed by atoms with van der Waals surface area (Å²) in [7, 11) is 0. The quantitative estimate of drug-likeness (QED) is 0.156. The third kappa shape index (κ3) is 5.97. The van der Waals surface area contributed by atoms with Crippen LogP contribution in [0.3, 0.4) is 0 Å². The van der Waals surface area contributed by atoms with Gasteiger partial charge in [-0.05, 0) is 70.1 Å². The van der Waals surface area contributed by atoms with Crippen LogP contribution < -0.4 is 5.56 Å². The molecule has 37 heavy (non-hydrogen) atoms. The van der Waals surface area contributed by atoms with Crippen molar-refractivity contribution in [1.82, 2.24) is 19.0 Å². The zero-order chi connectivity index (χ0) is 26.5. The summed E-state index contributed by atoms with van der Waals surface area (Å²) in [4.78, 5) is 45.1. The lowest BCUT2D eigenvalue weighted by Crippen LogP contribution is -2.33. The van der Waals surface area contributed by atoms with Gasteiger partial charge in [0.1, 0.15) is 4.70 Å². The fraction of sp³-hybridized carbons (Fsp3) is 0.480. The van der Waals surface area contributed by atoms with Crippen molar-refractivity contribution in [3.63, 3.8) is 0 Å². The summed E-state index contributed by atoms with van der Waals surface area (Å²) < 4.78 is 15.1. The number of hydrogen-bond acceptors (Lipinski definition) is 9. The van der Waals surface area contributed by atoms with E-state index in [1.54, 1.807) is 45.2 Å². The minimum absolute atomic E-state index is 0.00952. The van der Waals surface area contributed by atoms with Crippen molar-refractivity contribution in [2.75, 3.05) is 32.1 Å². The van der Waals surface area contributed by atoms with E-state index in [4.69, 9.17) is 26.7 Å². The Kier molecular flexibility index (Phi) is 9.17. The van der Waals surface area contributed by atoms with Crippen molar-refractivity contribution in [1.29, 1.82) is 0 Å². The summed E-state index contributed by atoms with van der Waals surface area (Å²) in [6, 6.07) is 6.83. The monoisotopic (exact) mass is 562 g/mol. The molecule has 198 valence electrons. The summed E-state index contributed by atoms with van der Waals surface area (Å²) in [6.45, 7) is 8.23. The molecular formula is C25H30N4O5S3. The van der Waals surface area contributed by atoms with Gasteiger partial charge in [-0.1, -0.05) is 23.1 Å². The van der Waals surface area contributed by atoms with Gasteiger partial charge in [0, 0.05) is 25.4 Å². The van der Waals surface area contributed by atoms with Gasteiger partial charge in [-0.2, -0.15) is 0 Å². The van der Waals surface area contributed by atoms with E-state index in [1.807, 2.05) is 13.8 Å². The van der Waals surface area contributed by atoms with E-state index in [0.717, 1.165) is 12.8 Å². The zero-order valence-electron chi connectivity index (χ0n) is 21.1. The first-order valence-electron chi connectivity index (χ1n) is 12.3. The highest BCUT2D eigenvalue weighted by atomic mass is 32.2. The smallest absolute Gasteiger partial charge is 0.338 e. The SMILES string of the molecule is CCOC(=O)c1ccc(-n2c(=S)sc3c(=O)n(CC4CCCO4)c(SCC(=O)N(CC)CC)nc32)cc1. The van der Waals surface area contributed by atoms with Gasteiger partial charge < -0.3 is 14.4 Å². The maximum Gasteiger partial charge on any atom is 0.338 e. The number of aromatic nitrogens is 3. The zero-order valence-corrected chi connectivity index (χ0v) is 23.5. The van der Waals surface area contributed by atoms with E-state index in [0.29, 0.717) is 63.6 Å². The van der Waals surface area contributed by atoms with Crippen molar-refractivity contribution >= 4 is 57.5 Å². The van der Waals surface area contributed by atoms with Gasteiger partial charge in [0.15, 0.2) is 14.8 Å². The van der Waals surface area contributed by atoms with Crippen LogP contribution in [0.2, 0.25) is 0 Å². The fourth-order valence-corrected chi connectivity index (χ4v) is 6.44. The third-order valence-electron chi connectivity index (χ3n) is 6.15. The topological polar surface area (TPSA) is 95.7 Å². The molecule has 0 radical (unpaired) electrons. The van der Waals surface area contributed by atoms with Crippen LogP contribution in [0.4, 0.5) is 0 Å². The normalized spacial score (nSPS) is 15.3. The standard InChI is InChI=1S/C25H30N4O5S3/c1-4-27(5-2)19(30)15-36-24-26-21-20(22(31)28(24)14-18-8-7-13-34-18)37-25(35)29(21)17-11-9-16(10-12-17)23(32)33-6-3/h9-12,18H,4-8,13-15H2,1-3H3. The molecule has 4 rings (SSSR count). The van der Waals surface area contributed by atoms with E-state index in [-0.39, 0.29) is 23.3 Å². The lowest BCUT2D eigenvalue weighted by atomic mass is 10.2. The predicted octanol–water partition coefficient (Wildman–Crippen LogP) is 4.29. The summed E-state index contributed by atoms with van der Waals surface area (Å²) in [5.74, 6) is -0.242. The highest BCUT2D eigenvalue weighted by Crippen LogP contribution is 2.27. The number of thiazole rings is 1. The van der Waals surface area contributed by atoms with Crippen LogP contribution in [-0.2, 0) is 20.8 Å². The number of rotatable bonds is 10. The second-order valence-electron chi connectivity index (χ2n) is 8.42. The van der Waals surface area contributed by atoms with Crippen LogP contribution in [0.5, 0.6) is 0 Å². The number of esters is 1. The number of carbonyl (C=O) groups is 2. The molecule has 1 amide bonds. The lowest BCUT2D eigenvalue weighted by molar-refractivity contribution is -0.127. The molecule has 2 aromatic heterocycles. The Hall–Kier alpha value is -2.54. The molecule has 1 aliphatic heterocycles.